The van der Waals surface area contributed by atoms with Crippen LogP contribution in [0.4, 0.5) is 47.8 Å². The summed E-state index contributed by atoms with van der Waals surface area (Å²) in [6.07, 6.45) is -1.91. The number of pyridine rings is 1. The van der Waals surface area contributed by atoms with Gasteiger partial charge in [0.05, 0.1) is 18.5 Å². The highest BCUT2D eigenvalue weighted by atomic mass is 19.4. The molecule has 1 aliphatic rings. The van der Waals surface area contributed by atoms with Crippen molar-refractivity contribution in [2.45, 2.75) is 19.5 Å². The molecule has 0 bridgehead atoms. The number of ether oxygens (including phenoxy) is 1. The van der Waals surface area contributed by atoms with Crippen LogP contribution >= 0.6 is 0 Å². The molecule has 9 nitrogen and oxygen atoms in total. The third-order valence-electron chi connectivity index (χ3n) is 5.40. The fourth-order valence-electron chi connectivity index (χ4n) is 3.43. The number of rotatable bonds is 8. The number of benzene rings is 1. The molecule has 12 heteroatoms. The maximum absolute atomic E-state index is 13.8. The molecule has 0 spiro atoms. The van der Waals surface area contributed by atoms with Crippen LogP contribution in [0.15, 0.2) is 49.2 Å². The van der Waals surface area contributed by atoms with Crippen molar-refractivity contribution >= 4 is 40.6 Å². The van der Waals surface area contributed by atoms with E-state index in [-0.39, 0.29) is 17.3 Å². The second-order valence-electron chi connectivity index (χ2n) is 8.04. The molecule has 0 saturated carbocycles. The highest BCUT2D eigenvalue weighted by Crippen LogP contribution is 2.37. The molecule has 3 heterocycles. The topological polar surface area (TPSA) is 104 Å². The first-order valence-corrected chi connectivity index (χ1v) is 11.0. The van der Waals surface area contributed by atoms with Crippen LogP contribution in [0.3, 0.4) is 0 Å². The Balaban J connectivity index is 1.69. The van der Waals surface area contributed by atoms with Crippen LogP contribution in [0, 0.1) is 6.92 Å². The van der Waals surface area contributed by atoms with E-state index in [9.17, 15) is 18.0 Å². The number of halogens is 3. The van der Waals surface area contributed by atoms with Gasteiger partial charge in [-0.25, -0.2) is 4.98 Å². The number of carbonyl (C=O) groups is 1. The van der Waals surface area contributed by atoms with Crippen LogP contribution < -0.4 is 25.6 Å². The first kappa shape index (κ1) is 24.8. The zero-order valence-corrected chi connectivity index (χ0v) is 19.6. The molecule has 188 valence electrons. The number of methoxy groups -OCH3 is 1. The third kappa shape index (κ3) is 5.65. The van der Waals surface area contributed by atoms with E-state index in [0.29, 0.717) is 23.6 Å². The number of anilines is 6. The number of nitrogens with zero attached hydrogens (tertiary/aromatic N) is 4. The maximum atomic E-state index is 13.8. The van der Waals surface area contributed by atoms with Crippen LogP contribution in [0.5, 0.6) is 5.88 Å². The summed E-state index contributed by atoms with van der Waals surface area (Å²) >= 11 is 0. The summed E-state index contributed by atoms with van der Waals surface area (Å²) in [6.45, 7) is 6.90. The molecule has 1 aliphatic heterocycles. The first-order chi connectivity index (χ1) is 17.2. The van der Waals surface area contributed by atoms with Crippen LogP contribution in [0.25, 0.3) is 0 Å². The van der Waals surface area contributed by atoms with Gasteiger partial charge in [-0.2, -0.15) is 23.1 Å². The van der Waals surface area contributed by atoms with E-state index < -0.39 is 23.5 Å². The molecular weight excluding hydrogens is 475 g/mol. The summed E-state index contributed by atoms with van der Waals surface area (Å²) in [5, 5.41) is 8.22. The summed E-state index contributed by atoms with van der Waals surface area (Å²) < 4.78 is 46.6. The van der Waals surface area contributed by atoms with E-state index >= 15 is 0 Å². The Kier molecular flexibility index (Phi) is 6.95. The molecule has 4 rings (SSSR count). The fourth-order valence-corrected chi connectivity index (χ4v) is 3.43. The molecular formula is C24H24F3N7O2. The van der Waals surface area contributed by atoms with Gasteiger partial charge in [-0.05, 0) is 37.1 Å². The van der Waals surface area contributed by atoms with Gasteiger partial charge in [0.25, 0.3) is 0 Å². The molecule has 3 N–H and O–H groups in total. The van der Waals surface area contributed by atoms with E-state index in [0.717, 1.165) is 31.1 Å². The van der Waals surface area contributed by atoms with Gasteiger partial charge in [-0.3, -0.25) is 4.79 Å². The normalized spacial score (nSPS) is 13.0. The predicted octanol–water partition coefficient (Wildman–Crippen LogP) is 5.03. The zero-order valence-electron chi connectivity index (χ0n) is 19.6. The average molecular weight is 499 g/mol. The summed E-state index contributed by atoms with van der Waals surface area (Å²) in [5.74, 6) is -0.0431. The molecule has 1 aromatic carbocycles. The van der Waals surface area contributed by atoms with Crippen molar-refractivity contribution in [3.63, 3.8) is 0 Å². The second kappa shape index (κ2) is 10.1. The summed E-state index contributed by atoms with van der Waals surface area (Å²) in [7, 11) is 1.48. The van der Waals surface area contributed by atoms with Crippen molar-refractivity contribution in [3.05, 3.63) is 60.3 Å². The lowest BCUT2D eigenvalue weighted by molar-refractivity contribution is -0.137. The number of aryl methyl sites for hydroxylation is 1. The van der Waals surface area contributed by atoms with Crippen molar-refractivity contribution in [2.24, 2.45) is 0 Å². The van der Waals surface area contributed by atoms with Gasteiger partial charge in [0.15, 0.2) is 0 Å². The lowest BCUT2D eigenvalue weighted by atomic mass is 10.1. The van der Waals surface area contributed by atoms with E-state index in [2.05, 4.69) is 37.5 Å². The minimum Gasteiger partial charge on any atom is -0.481 e. The lowest BCUT2D eigenvalue weighted by Gasteiger charge is -2.32. The number of nitrogens with one attached hydrogen (secondary N) is 3. The molecule has 0 radical (unpaired) electrons. The quantitative estimate of drug-likeness (QED) is 0.371. The molecule has 3 aromatic rings. The van der Waals surface area contributed by atoms with E-state index in [4.69, 9.17) is 4.74 Å². The Morgan fingerprint density at radius 1 is 1.14 bits per heavy atom. The first-order valence-electron chi connectivity index (χ1n) is 11.0. The average Bonchev–Trinajstić information content (AvgIpc) is 2.78. The highest BCUT2D eigenvalue weighted by molar-refractivity contribution is 6.01. The molecule has 2 aromatic heterocycles. The van der Waals surface area contributed by atoms with Gasteiger partial charge in [0.2, 0.25) is 17.7 Å². The van der Waals surface area contributed by atoms with Crippen molar-refractivity contribution in [1.82, 2.24) is 15.0 Å². The van der Waals surface area contributed by atoms with Gasteiger partial charge >= 0.3 is 6.18 Å². The predicted molar refractivity (Wildman–Crippen MR) is 131 cm³/mol. The summed E-state index contributed by atoms with van der Waals surface area (Å²) in [5.41, 5.74) is 0.730. The number of amides is 1. The Hall–Kier alpha value is -4.35. The number of alkyl halides is 3. The van der Waals surface area contributed by atoms with Crippen molar-refractivity contribution in [3.8, 4) is 5.88 Å². The molecule has 1 saturated heterocycles. The highest BCUT2D eigenvalue weighted by Gasteiger charge is 2.35. The van der Waals surface area contributed by atoms with Crippen molar-refractivity contribution in [1.29, 1.82) is 0 Å². The minimum atomic E-state index is -4.72. The van der Waals surface area contributed by atoms with Crippen LogP contribution in [0.2, 0.25) is 0 Å². The monoisotopic (exact) mass is 499 g/mol. The molecule has 0 unspecified atom stereocenters. The SMILES string of the molecule is C=CC(=O)Nc1cc(C)ccc1Nc1nc(Nc2cc(OC)nc(N3CCC3)c2)ncc1C(F)(F)F. The number of hydrogen-bond acceptors (Lipinski definition) is 8. The van der Waals surface area contributed by atoms with Gasteiger partial charge < -0.3 is 25.6 Å². The molecule has 1 amide bonds. The smallest absolute Gasteiger partial charge is 0.421 e. The molecule has 0 aliphatic carbocycles. The minimum absolute atomic E-state index is 0.0721. The molecule has 36 heavy (non-hydrogen) atoms. The largest absolute Gasteiger partial charge is 0.481 e. The molecule has 0 atom stereocenters. The third-order valence-corrected chi connectivity index (χ3v) is 5.40. The Bertz CT molecular complexity index is 1290. The van der Waals surface area contributed by atoms with Crippen LogP contribution in [-0.2, 0) is 11.0 Å². The van der Waals surface area contributed by atoms with Crippen molar-refractivity contribution in [2.75, 3.05) is 41.0 Å². The lowest BCUT2D eigenvalue weighted by Crippen LogP contribution is -2.37. The zero-order chi connectivity index (χ0) is 25.9. The number of aromatic nitrogens is 3. The fraction of sp³-hybridized carbons (Fsp3) is 0.250. The van der Waals surface area contributed by atoms with Gasteiger partial charge in [-0.1, -0.05) is 12.6 Å². The van der Waals surface area contributed by atoms with E-state index in [1.807, 2.05) is 4.90 Å². The standard InChI is InChI=1S/C24H24F3N7O2/c1-4-20(35)30-18-10-14(2)6-7-17(18)31-22-16(24(25,26)27)13-28-23(33-22)29-15-11-19(34-8-5-9-34)32-21(12-15)36-3/h4,6-7,10-13H,1,5,8-9H2,2-3H3,(H,30,35)(H2,28,29,31,32,33). The Labute approximate surface area is 205 Å². The van der Waals surface area contributed by atoms with Gasteiger partial charge in [0, 0.05) is 37.1 Å². The van der Waals surface area contributed by atoms with Gasteiger partial charge in [0.1, 0.15) is 17.2 Å². The van der Waals surface area contributed by atoms with E-state index in [1.165, 1.54) is 7.11 Å². The van der Waals surface area contributed by atoms with Crippen molar-refractivity contribution < 1.29 is 22.7 Å². The summed E-state index contributed by atoms with van der Waals surface area (Å²) in [6, 6.07) is 8.22. The maximum Gasteiger partial charge on any atom is 0.421 e. The van der Waals surface area contributed by atoms with Gasteiger partial charge in [-0.15, -0.1) is 0 Å². The Morgan fingerprint density at radius 3 is 2.56 bits per heavy atom. The second-order valence-corrected chi connectivity index (χ2v) is 8.04. The number of carbonyl (C=O) groups excluding carboxylic acids is 1. The van der Waals surface area contributed by atoms with Crippen LogP contribution in [0.1, 0.15) is 17.5 Å². The Morgan fingerprint density at radius 2 is 1.92 bits per heavy atom. The van der Waals surface area contributed by atoms with E-state index in [1.54, 1.807) is 37.3 Å². The molecule has 1 fully saturated rings. The van der Waals surface area contributed by atoms with Crippen LogP contribution in [-0.4, -0.2) is 41.1 Å². The summed E-state index contributed by atoms with van der Waals surface area (Å²) in [4.78, 5) is 26.3. The number of hydrogen-bond donors (Lipinski definition) is 3.